The van der Waals surface area contributed by atoms with Crippen LogP contribution in [-0.4, -0.2) is 62.6 Å². The molecular weight excluding hydrogens is 323 g/mol. The number of rotatable bonds is 3. The van der Waals surface area contributed by atoms with E-state index in [0.717, 1.165) is 25.4 Å². The van der Waals surface area contributed by atoms with E-state index in [0.29, 0.717) is 18.2 Å². The Morgan fingerprint density at radius 1 is 1.29 bits per heavy atom. The Bertz CT molecular complexity index is 417. The van der Waals surface area contributed by atoms with Gasteiger partial charge in [0.15, 0.2) is 0 Å². The van der Waals surface area contributed by atoms with Crippen LogP contribution in [-0.2, 0) is 0 Å². The number of hydrogen-bond donors (Lipinski definition) is 1. The Morgan fingerprint density at radius 3 is 2.71 bits per heavy atom. The van der Waals surface area contributed by atoms with Gasteiger partial charge in [0, 0.05) is 0 Å². The Labute approximate surface area is 137 Å². The van der Waals surface area contributed by atoms with Crippen LogP contribution in [0.25, 0.3) is 0 Å². The molecule has 3 aliphatic rings. The molecule has 4 nitrogen and oxygen atoms in total. The molecule has 0 radical (unpaired) electrons. The van der Waals surface area contributed by atoms with E-state index in [-0.39, 0.29) is 0 Å². The summed E-state index contributed by atoms with van der Waals surface area (Å²) in [6, 6.07) is 0.928. The van der Waals surface area contributed by atoms with Gasteiger partial charge in [0.1, 0.15) is 0 Å². The first-order valence-electron chi connectivity index (χ1n) is 8.44. The molecule has 2 unspecified atom stereocenters. The molecule has 0 aromatic rings. The first kappa shape index (κ1) is 15.6. The van der Waals surface area contributed by atoms with Crippen molar-refractivity contribution < 1.29 is 0 Å². The molecule has 5 heteroatoms. The molecule has 2 N–H and O–H groups in total. The second kappa shape index (κ2) is 6.85. The summed E-state index contributed by atoms with van der Waals surface area (Å²) in [5, 5.41) is 0. The van der Waals surface area contributed by atoms with Crippen LogP contribution in [0.3, 0.4) is 0 Å². The zero-order chi connectivity index (χ0) is 14.8. The van der Waals surface area contributed by atoms with E-state index >= 15 is 0 Å². The number of nitrogens with zero attached hydrogens (tertiary/aromatic N) is 3. The van der Waals surface area contributed by atoms with Crippen molar-refractivity contribution in [1.82, 2.24) is 9.80 Å². The van der Waals surface area contributed by atoms with Gasteiger partial charge in [-0.2, -0.15) is 0 Å². The fourth-order valence-corrected chi connectivity index (χ4v) is 5.13. The van der Waals surface area contributed by atoms with Crippen molar-refractivity contribution >= 4 is 21.5 Å². The number of aliphatic imine (C=N–C) groups is 1. The maximum atomic E-state index is 6.12. The normalized spacial score (nSPS) is 33.3. The molecule has 0 aromatic carbocycles. The quantitative estimate of drug-likeness (QED) is 0.775. The van der Waals surface area contributed by atoms with Gasteiger partial charge in [-0.15, -0.1) is 0 Å². The first-order valence-corrected chi connectivity index (χ1v) is 9.66. The molecule has 118 valence electrons. The second-order valence-corrected chi connectivity index (χ2v) is 7.92. The van der Waals surface area contributed by atoms with E-state index in [4.69, 9.17) is 5.73 Å². The molecule has 2 heterocycles. The van der Waals surface area contributed by atoms with Gasteiger partial charge >= 0.3 is 137 Å². The molecule has 0 spiro atoms. The van der Waals surface area contributed by atoms with Crippen LogP contribution < -0.4 is 5.73 Å². The number of amidine groups is 1. The van der Waals surface area contributed by atoms with Gasteiger partial charge in [-0.3, -0.25) is 0 Å². The van der Waals surface area contributed by atoms with E-state index in [9.17, 15) is 0 Å². The maximum absolute atomic E-state index is 6.12. The zero-order valence-corrected chi connectivity index (χ0v) is 15.5. The van der Waals surface area contributed by atoms with Crippen molar-refractivity contribution in [2.24, 2.45) is 16.6 Å². The Balaban J connectivity index is 1.75. The second-order valence-electron chi connectivity index (χ2n) is 6.83. The van der Waals surface area contributed by atoms with Crippen LogP contribution in [0.2, 0.25) is 0 Å². The van der Waals surface area contributed by atoms with Gasteiger partial charge in [-0.25, -0.2) is 0 Å². The molecule has 2 aliphatic heterocycles. The van der Waals surface area contributed by atoms with Gasteiger partial charge in [-0.05, 0) is 0 Å². The van der Waals surface area contributed by atoms with E-state index < -0.39 is 0 Å². The molecule has 1 saturated heterocycles. The number of nitrogens with two attached hydrogens (primary N) is 1. The third-order valence-corrected chi connectivity index (χ3v) is 6.35. The average Bonchev–Trinajstić information content (AvgIpc) is 2.94. The summed E-state index contributed by atoms with van der Waals surface area (Å²) in [5.74, 6) is 0.824. The van der Waals surface area contributed by atoms with E-state index in [1.807, 2.05) is 6.20 Å². The summed E-state index contributed by atoms with van der Waals surface area (Å²) >= 11 is 1.65. The molecule has 0 bridgehead atoms. The predicted octanol–water partition coefficient (Wildman–Crippen LogP) is 1.13. The van der Waals surface area contributed by atoms with E-state index in [2.05, 4.69) is 27.8 Å². The molecule has 1 saturated carbocycles. The number of likely N-dealkylation sites (tertiary alicyclic amines) is 1. The van der Waals surface area contributed by atoms with Crippen molar-refractivity contribution in [1.29, 1.82) is 0 Å². The topological polar surface area (TPSA) is 44.9 Å². The fraction of sp³-hybridized carbons (Fsp3) is 0.812. The zero-order valence-electron chi connectivity index (χ0n) is 13.1. The van der Waals surface area contributed by atoms with E-state index in [1.54, 1.807) is 16.9 Å². The van der Waals surface area contributed by atoms with Crippen molar-refractivity contribution in [2.45, 2.75) is 63.7 Å². The average molecular weight is 352 g/mol. The van der Waals surface area contributed by atoms with Crippen molar-refractivity contribution in [2.75, 3.05) is 13.1 Å². The SMILES string of the molecule is C[C@H](C1CCCCC1)N1C([AsH2])=NC=CC1N1CC[C@@H](N)C1. The summed E-state index contributed by atoms with van der Waals surface area (Å²) < 4.78 is 1.23. The summed E-state index contributed by atoms with van der Waals surface area (Å²) in [6.45, 7) is 4.54. The van der Waals surface area contributed by atoms with Crippen LogP contribution in [0.15, 0.2) is 17.3 Å². The van der Waals surface area contributed by atoms with Crippen molar-refractivity contribution in [3.63, 3.8) is 0 Å². The van der Waals surface area contributed by atoms with Crippen LogP contribution in [0, 0.1) is 5.92 Å². The third kappa shape index (κ3) is 3.38. The summed E-state index contributed by atoms with van der Waals surface area (Å²) in [7, 11) is 0. The standard InChI is InChI=1S/C16H29AsN4/c1-12(13-5-3-2-4-6-13)21-15(7-9-19-16(21)17)20-10-8-14(18)11-20/h7,9,12-15H,2-6,8,10-11,17-18H2,1H3/t12-,14-,15?/m1/s1. The first-order chi connectivity index (χ1) is 10.2. The van der Waals surface area contributed by atoms with Crippen molar-refractivity contribution in [3.05, 3.63) is 12.3 Å². The Kier molecular flexibility index (Phi) is 5.08. The van der Waals surface area contributed by atoms with Crippen LogP contribution in [0.4, 0.5) is 0 Å². The molecular formula is C16H29AsN4. The molecule has 2 fully saturated rings. The molecule has 3 rings (SSSR count). The minimum atomic E-state index is 0.343. The van der Waals surface area contributed by atoms with E-state index in [1.165, 1.54) is 36.7 Å². The minimum absolute atomic E-state index is 0.343. The molecule has 0 amide bonds. The Hall–Kier alpha value is -0.312. The van der Waals surface area contributed by atoms with Gasteiger partial charge in [-0.1, -0.05) is 0 Å². The van der Waals surface area contributed by atoms with Crippen LogP contribution in [0.1, 0.15) is 45.4 Å². The summed E-state index contributed by atoms with van der Waals surface area (Å²) in [6.07, 6.45) is 12.7. The van der Waals surface area contributed by atoms with Crippen LogP contribution in [0.5, 0.6) is 0 Å². The Morgan fingerprint density at radius 2 is 2.05 bits per heavy atom. The summed E-state index contributed by atoms with van der Waals surface area (Å²) in [5.41, 5.74) is 6.12. The van der Waals surface area contributed by atoms with Gasteiger partial charge in [0.2, 0.25) is 0 Å². The molecule has 1 aliphatic carbocycles. The fourth-order valence-electron chi connectivity index (χ4n) is 4.14. The molecule has 0 aromatic heterocycles. The summed E-state index contributed by atoms with van der Waals surface area (Å²) in [4.78, 5) is 9.71. The molecule has 21 heavy (non-hydrogen) atoms. The monoisotopic (exact) mass is 352 g/mol. The van der Waals surface area contributed by atoms with Crippen molar-refractivity contribution in [3.8, 4) is 0 Å². The number of hydrogen-bond acceptors (Lipinski definition) is 4. The van der Waals surface area contributed by atoms with Gasteiger partial charge in [0.25, 0.3) is 0 Å². The van der Waals surface area contributed by atoms with Gasteiger partial charge in [0.05, 0.1) is 0 Å². The third-order valence-electron chi connectivity index (χ3n) is 5.42. The predicted molar refractivity (Wildman–Crippen MR) is 90.9 cm³/mol. The van der Waals surface area contributed by atoms with Gasteiger partial charge < -0.3 is 0 Å². The van der Waals surface area contributed by atoms with Crippen LogP contribution >= 0.6 is 0 Å². The molecule has 4 atom stereocenters.